The maximum Gasteiger partial charge on any atom is 0.322 e. The standard InChI is InChI=1S/C18H21FN4O2/c19-13-6-8-15(9-7-13)25-17-16(5-3-10-21-17)22-18(24)23-11-2-1-4-14(23)12-20/h3,5-10,14H,1-2,4,11-12,20H2,(H,22,24)/t14-/m0/s1. The van der Waals surface area contributed by atoms with Gasteiger partial charge in [0.2, 0.25) is 5.88 Å². The van der Waals surface area contributed by atoms with Crippen molar-refractivity contribution in [1.29, 1.82) is 0 Å². The Morgan fingerprint density at radius 2 is 2.12 bits per heavy atom. The molecule has 0 bridgehead atoms. The lowest BCUT2D eigenvalue weighted by molar-refractivity contribution is 0.166. The number of urea groups is 1. The number of aromatic nitrogens is 1. The molecule has 3 rings (SSSR count). The van der Waals surface area contributed by atoms with Gasteiger partial charge >= 0.3 is 6.03 Å². The molecular formula is C18H21FN4O2. The van der Waals surface area contributed by atoms with Gasteiger partial charge in [-0.05, 0) is 55.7 Å². The van der Waals surface area contributed by atoms with Crippen LogP contribution in [0.1, 0.15) is 19.3 Å². The van der Waals surface area contributed by atoms with Crippen LogP contribution in [0.2, 0.25) is 0 Å². The molecule has 1 fully saturated rings. The van der Waals surface area contributed by atoms with E-state index in [2.05, 4.69) is 10.3 Å². The Kier molecular flexibility index (Phi) is 5.45. The van der Waals surface area contributed by atoms with Crippen LogP contribution >= 0.6 is 0 Å². The number of nitrogens with zero attached hydrogens (tertiary/aromatic N) is 2. The van der Waals surface area contributed by atoms with Crippen LogP contribution in [0.4, 0.5) is 14.9 Å². The zero-order chi connectivity index (χ0) is 17.6. The summed E-state index contributed by atoms with van der Waals surface area (Å²) >= 11 is 0. The molecule has 1 aromatic heterocycles. The Balaban J connectivity index is 1.74. The quantitative estimate of drug-likeness (QED) is 0.891. The molecule has 1 aliphatic heterocycles. The monoisotopic (exact) mass is 344 g/mol. The Hall–Kier alpha value is -2.67. The van der Waals surface area contributed by atoms with Gasteiger partial charge < -0.3 is 20.7 Å². The lowest BCUT2D eigenvalue weighted by atomic mass is 10.0. The van der Waals surface area contributed by atoms with Crippen molar-refractivity contribution in [2.24, 2.45) is 5.73 Å². The minimum atomic E-state index is -0.347. The van der Waals surface area contributed by atoms with Crippen LogP contribution in [0.25, 0.3) is 0 Å². The van der Waals surface area contributed by atoms with E-state index >= 15 is 0 Å². The van der Waals surface area contributed by atoms with E-state index in [0.717, 1.165) is 19.3 Å². The van der Waals surface area contributed by atoms with Crippen LogP contribution in [0.15, 0.2) is 42.6 Å². The van der Waals surface area contributed by atoms with Crippen molar-refractivity contribution in [3.8, 4) is 11.6 Å². The number of carbonyl (C=O) groups is 1. The van der Waals surface area contributed by atoms with E-state index in [1.807, 2.05) is 0 Å². The smallest absolute Gasteiger partial charge is 0.322 e. The van der Waals surface area contributed by atoms with Crippen LogP contribution in [0.3, 0.4) is 0 Å². The van der Waals surface area contributed by atoms with E-state index in [4.69, 9.17) is 10.5 Å². The van der Waals surface area contributed by atoms with Crippen molar-refractivity contribution in [3.05, 3.63) is 48.4 Å². The third-order valence-electron chi connectivity index (χ3n) is 4.20. The van der Waals surface area contributed by atoms with Gasteiger partial charge in [-0.25, -0.2) is 14.2 Å². The Bertz CT molecular complexity index is 723. The summed E-state index contributed by atoms with van der Waals surface area (Å²) in [6.07, 6.45) is 4.53. The number of likely N-dealkylation sites (tertiary alicyclic amines) is 1. The van der Waals surface area contributed by atoms with Crippen molar-refractivity contribution >= 4 is 11.7 Å². The second-order valence-electron chi connectivity index (χ2n) is 5.92. The molecule has 0 radical (unpaired) electrons. The summed E-state index contributed by atoms with van der Waals surface area (Å²) in [5.74, 6) is 0.344. The summed E-state index contributed by atoms with van der Waals surface area (Å²) in [6, 6.07) is 8.87. The highest BCUT2D eigenvalue weighted by Crippen LogP contribution is 2.28. The highest BCUT2D eigenvalue weighted by molar-refractivity contribution is 5.90. The van der Waals surface area contributed by atoms with Gasteiger partial charge in [0.25, 0.3) is 0 Å². The Morgan fingerprint density at radius 1 is 1.32 bits per heavy atom. The molecule has 3 N–H and O–H groups in total. The molecular weight excluding hydrogens is 323 g/mol. The van der Waals surface area contributed by atoms with Crippen molar-refractivity contribution in [1.82, 2.24) is 9.88 Å². The summed E-state index contributed by atoms with van der Waals surface area (Å²) < 4.78 is 18.7. The van der Waals surface area contributed by atoms with Gasteiger partial charge in [-0.1, -0.05) is 0 Å². The molecule has 25 heavy (non-hydrogen) atoms. The second kappa shape index (κ2) is 7.94. The van der Waals surface area contributed by atoms with Gasteiger partial charge in [0.05, 0.1) is 0 Å². The summed E-state index contributed by atoms with van der Waals surface area (Å²) in [5.41, 5.74) is 6.24. The van der Waals surface area contributed by atoms with Crippen LogP contribution in [0, 0.1) is 5.82 Å². The molecule has 0 saturated carbocycles. The predicted molar refractivity (Wildman–Crippen MR) is 93.1 cm³/mol. The predicted octanol–water partition coefficient (Wildman–Crippen LogP) is 3.36. The zero-order valence-electron chi connectivity index (χ0n) is 13.8. The topological polar surface area (TPSA) is 80.5 Å². The molecule has 1 aromatic carbocycles. The van der Waals surface area contributed by atoms with Crippen LogP contribution in [0.5, 0.6) is 11.6 Å². The third-order valence-corrected chi connectivity index (χ3v) is 4.20. The fraction of sp³-hybridized carbons (Fsp3) is 0.333. The van der Waals surface area contributed by atoms with E-state index in [1.54, 1.807) is 23.2 Å². The Labute approximate surface area is 145 Å². The first kappa shape index (κ1) is 17.2. The van der Waals surface area contributed by atoms with Gasteiger partial charge in [0.15, 0.2) is 0 Å². The maximum atomic E-state index is 13.0. The van der Waals surface area contributed by atoms with Crippen molar-refractivity contribution in [3.63, 3.8) is 0 Å². The first-order chi connectivity index (χ1) is 12.2. The molecule has 2 heterocycles. The number of halogens is 1. The van der Waals surface area contributed by atoms with E-state index in [-0.39, 0.29) is 23.8 Å². The van der Waals surface area contributed by atoms with Crippen molar-refractivity contribution < 1.29 is 13.9 Å². The van der Waals surface area contributed by atoms with Crippen molar-refractivity contribution in [2.75, 3.05) is 18.4 Å². The molecule has 0 unspecified atom stereocenters. The van der Waals surface area contributed by atoms with Gasteiger partial charge in [-0.15, -0.1) is 0 Å². The lowest BCUT2D eigenvalue weighted by Gasteiger charge is -2.35. The molecule has 1 atom stereocenters. The minimum absolute atomic E-state index is 0.0480. The number of benzene rings is 1. The molecule has 2 aromatic rings. The largest absolute Gasteiger partial charge is 0.437 e. The molecule has 0 aliphatic carbocycles. The minimum Gasteiger partial charge on any atom is -0.437 e. The van der Waals surface area contributed by atoms with E-state index in [0.29, 0.717) is 24.5 Å². The van der Waals surface area contributed by atoms with Gasteiger partial charge in [-0.3, -0.25) is 0 Å². The molecule has 2 amide bonds. The number of carbonyl (C=O) groups excluding carboxylic acids is 1. The van der Waals surface area contributed by atoms with E-state index in [1.165, 1.54) is 24.3 Å². The third kappa shape index (κ3) is 4.24. The number of nitrogens with two attached hydrogens (primary N) is 1. The van der Waals surface area contributed by atoms with E-state index < -0.39 is 0 Å². The fourth-order valence-corrected chi connectivity index (χ4v) is 2.88. The van der Waals surface area contributed by atoms with Gasteiger partial charge in [-0.2, -0.15) is 0 Å². The summed E-state index contributed by atoms with van der Waals surface area (Å²) in [6.45, 7) is 1.13. The highest BCUT2D eigenvalue weighted by atomic mass is 19.1. The second-order valence-corrected chi connectivity index (χ2v) is 5.92. The van der Waals surface area contributed by atoms with Crippen LogP contribution < -0.4 is 15.8 Å². The summed E-state index contributed by atoms with van der Waals surface area (Å²) in [4.78, 5) is 18.5. The molecule has 7 heteroatoms. The lowest BCUT2D eigenvalue weighted by Crippen LogP contribution is -2.49. The number of ether oxygens (including phenoxy) is 1. The zero-order valence-corrected chi connectivity index (χ0v) is 13.8. The molecule has 132 valence electrons. The number of pyridine rings is 1. The first-order valence-electron chi connectivity index (χ1n) is 8.33. The van der Waals surface area contributed by atoms with Gasteiger partial charge in [0.1, 0.15) is 17.3 Å². The summed E-state index contributed by atoms with van der Waals surface area (Å²) in [7, 11) is 0. The molecule has 1 saturated heterocycles. The maximum absolute atomic E-state index is 13.0. The van der Waals surface area contributed by atoms with Crippen molar-refractivity contribution in [2.45, 2.75) is 25.3 Å². The average molecular weight is 344 g/mol. The highest BCUT2D eigenvalue weighted by Gasteiger charge is 2.26. The van der Waals surface area contributed by atoms with Crippen LogP contribution in [-0.2, 0) is 0 Å². The Morgan fingerprint density at radius 3 is 2.88 bits per heavy atom. The SMILES string of the molecule is NC[C@@H]1CCCCN1C(=O)Nc1cccnc1Oc1ccc(F)cc1. The average Bonchev–Trinajstić information content (AvgIpc) is 2.65. The van der Waals surface area contributed by atoms with E-state index in [9.17, 15) is 9.18 Å². The molecule has 6 nitrogen and oxygen atoms in total. The molecule has 0 spiro atoms. The number of anilines is 1. The number of piperidine rings is 1. The number of hydrogen-bond donors (Lipinski definition) is 2. The van der Waals surface area contributed by atoms with Crippen LogP contribution in [-0.4, -0.2) is 35.0 Å². The fourth-order valence-electron chi connectivity index (χ4n) is 2.88. The summed E-state index contributed by atoms with van der Waals surface area (Å²) in [5, 5.41) is 2.85. The van der Waals surface area contributed by atoms with Gasteiger partial charge in [0, 0.05) is 25.3 Å². The number of hydrogen-bond acceptors (Lipinski definition) is 4. The first-order valence-corrected chi connectivity index (χ1v) is 8.33. The number of rotatable bonds is 4. The number of nitrogens with one attached hydrogen (secondary N) is 1. The normalized spacial score (nSPS) is 17.2. The number of amides is 2. The molecule has 1 aliphatic rings.